The third-order valence-corrected chi connectivity index (χ3v) is 8.84. The summed E-state index contributed by atoms with van der Waals surface area (Å²) in [4.78, 5) is 0. The topological polar surface area (TPSA) is 80.9 Å². The minimum Gasteiger partial charge on any atom is -0.393 e. The first-order valence-corrected chi connectivity index (χ1v) is 12.4. The summed E-state index contributed by atoms with van der Waals surface area (Å²) in [5, 5.41) is 40.7. The van der Waals surface area contributed by atoms with Crippen LogP contribution in [0.4, 0.5) is 0 Å². The molecule has 0 amide bonds. The van der Waals surface area contributed by atoms with Crippen molar-refractivity contribution in [2.45, 2.75) is 96.4 Å². The number of hydrogen-bond acceptors (Lipinski definition) is 4. The fourth-order valence-corrected chi connectivity index (χ4v) is 6.43. The highest BCUT2D eigenvalue weighted by atomic mass is 16.4. The van der Waals surface area contributed by atoms with E-state index < -0.39 is 17.8 Å². The van der Waals surface area contributed by atoms with Crippen LogP contribution >= 0.6 is 0 Å². The van der Waals surface area contributed by atoms with Crippen LogP contribution in [0.25, 0.3) is 0 Å². The summed E-state index contributed by atoms with van der Waals surface area (Å²) in [6.45, 7) is 11.4. The van der Waals surface area contributed by atoms with Crippen molar-refractivity contribution < 1.29 is 20.4 Å². The van der Waals surface area contributed by atoms with E-state index in [1.54, 1.807) is 6.08 Å². The van der Waals surface area contributed by atoms with E-state index in [1.807, 2.05) is 6.08 Å². The van der Waals surface area contributed by atoms with Crippen LogP contribution < -0.4 is 0 Å². The summed E-state index contributed by atoms with van der Waals surface area (Å²) in [6, 6.07) is 0. The first kappa shape index (κ1) is 25.4. The first-order chi connectivity index (χ1) is 14.9. The van der Waals surface area contributed by atoms with Gasteiger partial charge in [0.2, 0.25) is 0 Å². The molecule has 3 rings (SSSR count). The quantitative estimate of drug-likeness (QED) is 0.442. The lowest BCUT2D eigenvalue weighted by molar-refractivity contribution is -0.123. The zero-order chi connectivity index (χ0) is 23.7. The molecule has 0 spiro atoms. The highest BCUT2D eigenvalue weighted by molar-refractivity contribution is 5.36. The summed E-state index contributed by atoms with van der Waals surface area (Å²) >= 11 is 0. The molecule has 0 unspecified atom stereocenters. The molecular weight excluding hydrogens is 400 g/mol. The molecule has 0 radical (unpaired) electrons. The van der Waals surface area contributed by atoms with Gasteiger partial charge >= 0.3 is 0 Å². The largest absolute Gasteiger partial charge is 0.393 e. The Morgan fingerprint density at radius 3 is 2.53 bits per heavy atom. The zero-order valence-electron chi connectivity index (χ0n) is 20.5. The van der Waals surface area contributed by atoms with E-state index >= 15 is 0 Å². The van der Waals surface area contributed by atoms with Crippen molar-refractivity contribution in [3.05, 3.63) is 47.6 Å². The number of aliphatic hydroxyl groups excluding tert-OH is 2. The van der Waals surface area contributed by atoms with Gasteiger partial charge in [-0.2, -0.15) is 0 Å². The number of hydrogen-bond donors (Lipinski definition) is 4. The van der Waals surface area contributed by atoms with E-state index in [0.717, 1.165) is 31.3 Å². The Hall–Kier alpha value is -1.20. The summed E-state index contributed by atoms with van der Waals surface area (Å²) in [7, 11) is 0. The Morgan fingerprint density at radius 1 is 1.16 bits per heavy atom. The van der Waals surface area contributed by atoms with E-state index in [1.165, 1.54) is 44.3 Å². The second-order valence-electron chi connectivity index (χ2n) is 11.4. The van der Waals surface area contributed by atoms with Gasteiger partial charge in [0, 0.05) is 0 Å². The van der Waals surface area contributed by atoms with Crippen LogP contribution in [0.1, 0.15) is 79.1 Å². The maximum absolute atomic E-state index is 10.7. The van der Waals surface area contributed by atoms with Gasteiger partial charge in [-0.25, -0.2) is 0 Å². The van der Waals surface area contributed by atoms with Gasteiger partial charge < -0.3 is 20.4 Å². The van der Waals surface area contributed by atoms with Crippen LogP contribution in [0, 0.1) is 23.2 Å². The van der Waals surface area contributed by atoms with Crippen molar-refractivity contribution in [3.8, 4) is 0 Å². The molecule has 3 aliphatic carbocycles. The van der Waals surface area contributed by atoms with Gasteiger partial charge in [-0.05, 0) is 94.0 Å². The normalized spacial score (nSPS) is 37.1. The minimum atomic E-state index is -1.64. The Bertz CT molecular complexity index is 786. The molecule has 3 aliphatic rings. The molecule has 0 aromatic rings. The molecule has 0 aliphatic heterocycles. The molecule has 0 saturated heterocycles. The lowest BCUT2D eigenvalue weighted by Crippen LogP contribution is -2.51. The monoisotopic (exact) mass is 444 g/mol. The lowest BCUT2D eigenvalue weighted by Gasteiger charge is -2.44. The Morgan fingerprint density at radius 2 is 1.88 bits per heavy atom. The van der Waals surface area contributed by atoms with Gasteiger partial charge in [0.15, 0.2) is 0 Å². The molecule has 0 aromatic heterocycles. The molecule has 4 N–H and O–H groups in total. The Labute approximate surface area is 194 Å². The molecule has 180 valence electrons. The third kappa shape index (κ3) is 4.99. The Balaban J connectivity index is 1.78. The highest BCUT2D eigenvalue weighted by Gasteiger charge is 2.50. The van der Waals surface area contributed by atoms with Gasteiger partial charge in [0.05, 0.1) is 18.3 Å². The van der Waals surface area contributed by atoms with Gasteiger partial charge in [0.1, 0.15) is 5.60 Å². The van der Waals surface area contributed by atoms with E-state index in [-0.39, 0.29) is 17.4 Å². The van der Waals surface area contributed by atoms with Crippen molar-refractivity contribution in [1.82, 2.24) is 0 Å². The molecular formula is C28H44O4. The number of allylic oxidation sites excluding steroid dienone is 5. The molecule has 3 fully saturated rings. The SMILES string of the molecule is C=C1CC[C@H](O)C/C1=C/C=C1\CCC[C@]2(C)[C@@H]([C@H](C)/C=C/[C@](O)(CO)C(C)(C)O)CC[C@@H]12. The number of rotatable bonds is 6. The second-order valence-corrected chi connectivity index (χ2v) is 11.4. The molecule has 0 bridgehead atoms. The molecule has 6 atom stereocenters. The maximum atomic E-state index is 10.7. The van der Waals surface area contributed by atoms with Gasteiger partial charge in [-0.3, -0.25) is 0 Å². The second kappa shape index (κ2) is 9.58. The molecule has 4 heteroatoms. The van der Waals surface area contributed by atoms with Crippen LogP contribution in [-0.4, -0.2) is 44.3 Å². The van der Waals surface area contributed by atoms with Crippen molar-refractivity contribution in [1.29, 1.82) is 0 Å². The minimum absolute atomic E-state index is 0.210. The number of fused-ring (bicyclic) bond motifs is 1. The fourth-order valence-electron chi connectivity index (χ4n) is 6.43. The summed E-state index contributed by atoms with van der Waals surface area (Å²) in [5.74, 6) is 1.30. The van der Waals surface area contributed by atoms with Crippen molar-refractivity contribution in [2.24, 2.45) is 23.2 Å². The average molecular weight is 445 g/mol. The molecule has 0 heterocycles. The highest BCUT2D eigenvalue weighted by Crippen LogP contribution is 2.59. The maximum Gasteiger partial charge on any atom is 0.134 e. The van der Waals surface area contributed by atoms with Crippen molar-refractivity contribution in [2.75, 3.05) is 6.61 Å². The lowest BCUT2D eigenvalue weighted by atomic mass is 9.61. The van der Waals surface area contributed by atoms with Crippen LogP contribution in [0.2, 0.25) is 0 Å². The van der Waals surface area contributed by atoms with Gasteiger partial charge in [-0.1, -0.05) is 55.9 Å². The summed E-state index contributed by atoms with van der Waals surface area (Å²) < 4.78 is 0. The third-order valence-electron chi connectivity index (χ3n) is 8.84. The smallest absolute Gasteiger partial charge is 0.134 e. The predicted molar refractivity (Wildman–Crippen MR) is 130 cm³/mol. The Kier molecular flexibility index (Phi) is 7.61. The van der Waals surface area contributed by atoms with E-state index in [9.17, 15) is 20.4 Å². The van der Waals surface area contributed by atoms with Crippen molar-refractivity contribution >= 4 is 0 Å². The van der Waals surface area contributed by atoms with E-state index in [0.29, 0.717) is 18.3 Å². The standard InChI is InChI=1S/C28H44O4/c1-19-8-11-23(30)17-22(19)10-9-21-7-6-15-27(5)24(12-13-25(21)27)20(2)14-16-28(32,18-29)26(3,4)31/h9-10,14,16,20,23-25,29-32H,1,6-8,11-13,15,17-18H2,2-5H3/b16-14+,21-9+,22-10-/t20-,23+,24-,25+,27-,28+/m1/s1. The molecule has 32 heavy (non-hydrogen) atoms. The molecule has 3 saturated carbocycles. The van der Waals surface area contributed by atoms with E-state index in [2.05, 4.69) is 32.6 Å². The predicted octanol–water partition coefficient (Wildman–Crippen LogP) is 4.84. The zero-order valence-corrected chi connectivity index (χ0v) is 20.5. The van der Waals surface area contributed by atoms with Gasteiger partial charge in [0.25, 0.3) is 0 Å². The summed E-state index contributed by atoms with van der Waals surface area (Å²) in [6.07, 6.45) is 16.2. The summed E-state index contributed by atoms with van der Waals surface area (Å²) in [5.41, 5.74) is 1.05. The van der Waals surface area contributed by atoms with Crippen LogP contribution in [0.3, 0.4) is 0 Å². The average Bonchev–Trinajstić information content (AvgIpc) is 3.09. The first-order valence-electron chi connectivity index (χ1n) is 12.4. The molecule has 0 aromatic carbocycles. The van der Waals surface area contributed by atoms with Crippen LogP contribution in [-0.2, 0) is 0 Å². The molecule has 4 nitrogen and oxygen atoms in total. The van der Waals surface area contributed by atoms with Crippen LogP contribution in [0.15, 0.2) is 47.6 Å². The van der Waals surface area contributed by atoms with E-state index in [4.69, 9.17) is 0 Å². The number of aliphatic hydroxyl groups is 4. The van der Waals surface area contributed by atoms with Gasteiger partial charge in [-0.15, -0.1) is 0 Å². The fraction of sp³-hybridized carbons (Fsp3) is 0.714. The van der Waals surface area contributed by atoms with Crippen LogP contribution in [0.5, 0.6) is 0 Å². The van der Waals surface area contributed by atoms with Crippen molar-refractivity contribution in [3.63, 3.8) is 0 Å².